The summed E-state index contributed by atoms with van der Waals surface area (Å²) in [7, 11) is 12.5. The number of carbonyl (C=O) groups excluding carboxylic acids is 6. The third-order valence-corrected chi connectivity index (χ3v) is 23.8. The van der Waals surface area contributed by atoms with Gasteiger partial charge in [0.1, 0.15) is 74.7 Å². The lowest BCUT2D eigenvalue weighted by Crippen LogP contribution is -2.61. The van der Waals surface area contributed by atoms with E-state index >= 15 is 4.57 Å². The van der Waals surface area contributed by atoms with Crippen LogP contribution in [-0.4, -0.2) is 207 Å². The smallest absolute Gasteiger partial charge is 0.453 e. The van der Waals surface area contributed by atoms with Gasteiger partial charge in [-0.3, -0.25) is 42.3 Å². The minimum Gasteiger partial charge on any atom is -0.453 e. The molecule has 0 aromatic heterocycles. The van der Waals surface area contributed by atoms with E-state index in [1.54, 1.807) is 0 Å². The van der Waals surface area contributed by atoms with E-state index in [-0.39, 0.29) is 13.4 Å². The summed E-state index contributed by atoms with van der Waals surface area (Å²) in [5.41, 5.74) is 0. The first kappa shape index (κ1) is 110. The molecule has 0 aliphatic rings. The van der Waals surface area contributed by atoms with Crippen LogP contribution < -0.4 is 0 Å². The summed E-state index contributed by atoms with van der Waals surface area (Å²) in [6.45, 7) is 16.4. The van der Waals surface area contributed by atoms with Gasteiger partial charge >= 0.3 is 25.7 Å². The van der Waals surface area contributed by atoms with Crippen LogP contribution >= 0.6 is 7.82 Å². The Hall–Kier alpha value is -2.71. The van der Waals surface area contributed by atoms with Gasteiger partial charge in [-0.1, -0.05) is 330 Å². The number of ketones is 3. The Kier molecular flexibility index (Phi) is 68.3. The van der Waals surface area contributed by atoms with Gasteiger partial charge in [0.05, 0.1) is 63.4 Å². The van der Waals surface area contributed by atoms with E-state index in [1.165, 1.54) is 271 Å². The number of rotatable bonds is 84. The molecule has 0 saturated heterocycles. The Bertz CT molecular complexity index is 2130. The van der Waals surface area contributed by atoms with Crippen LogP contribution in [0.15, 0.2) is 0 Å². The highest BCUT2D eigenvalue weighted by Gasteiger charge is 2.49. The number of carbonyl (C=O) groups is 6. The second-order valence-electron chi connectivity index (χ2n) is 36.2. The van der Waals surface area contributed by atoms with Crippen molar-refractivity contribution in [3.05, 3.63) is 0 Å². The number of likely N-dealkylation sites (N-methyl/N-ethyl adjacent to an activating group) is 3. The Morgan fingerprint density at radius 2 is 0.407 bits per heavy atom. The highest BCUT2D eigenvalue weighted by atomic mass is 31.2. The summed E-state index contributed by atoms with van der Waals surface area (Å²) in [4.78, 5) is 79.9. The summed E-state index contributed by atoms with van der Waals surface area (Å²) < 4.78 is 76.1. The fourth-order valence-corrected chi connectivity index (χ4v) is 17.4. The average molecular weight is 1630 g/mol. The van der Waals surface area contributed by atoms with Crippen LogP contribution in [0.5, 0.6) is 0 Å². The number of quaternary nitrogens is 3. The van der Waals surface area contributed by atoms with Gasteiger partial charge < -0.3 is 41.9 Å². The van der Waals surface area contributed by atoms with Gasteiger partial charge in [0.2, 0.25) is 0 Å². The van der Waals surface area contributed by atoms with Crippen molar-refractivity contribution in [1.29, 1.82) is 0 Å². The highest BCUT2D eigenvalue weighted by molar-refractivity contribution is 7.48. The number of esters is 3. The predicted octanol–water partition coefficient (Wildman–Crippen LogP) is 23.2. The number of nitrogens with zero attached hydrogens (tertiary/aromatic N) is 3. The second-order valence-corrected chi connectivity index (χ2v) is 37.9. The van der Waals surface area contributed by atoms with Crippen molar-refractivity contribution in [3.63, 3.8) is 0 Å². The predicted molar refractivity (Wildman–Crippen MR) is 465 cm³/mol. The van der Waals surface area contributed by atoms with E-state index in [0.29, 0.717) is 39.1 Å². The molecule has 9 atom stereocenters. The van der Waals surface area contributed by atoms with Crippen LogP contribution in [0.2, 0.25) is 0 Å². The molecule has 0 amide bonds. The molecule has 668 valence electrons. The van der Waals surface area contributed by atoms with E-state index in [4.69, 9.17) is 42.0 Å². The minimum atomic E-state index is -5.07. The molecular weight excluding hydrogens is 1450 g/mol. The van der Waals surface area contributed by atoms with Crippen LogP contribution in [0.25, 0.3) is 0 Å². The first-order valence-electron chi connectivity index (χ1n) is 46.8. The molecule has 19 nitrogen and oxygen atoms in total. The summed E-state index contributed by atoms with van der Waals surface area (Å²) in [6, 6.07) is -1.99. The maximum absolute atomic E-state index is 16.4. The van der Waals surface area contributed by atoms with Gasteiger partial charge in [-0.05, 0) is 59.3 Å². The highest BCUT2D eigenvalue weighted by Crippen LogP contribution is 2.51. The van der Waals surface area contributed by atoms with Crippen molar-refractivity contribution in [2.75, 3.05) is 103 Å². The minimum absolute atomic E-state index is 0.194. The van der Waals surface area contributed by atoms with Crippen molar-refractivity contribution in [1.82, 2.24) is 0 Å². The molecule has 9 unspecified atom stereocenters. The van der Waals surface area contributed by atoms with Gasteiger partial charge in [0.25, 0.3) is 0 Å². The Balaban J connectivity index is 7.42. The number of hydrogen-bond acceptors (Lipinski definition) is 16. The van der Waals surface area contributed by atoms with Crippen molar-refractivity contribution in [2.24, 2.45) is 0 Å². The fourth-order valence-electron chi connectivity index (χ4n) is 16.2. The SMILES string of the molecule is CCCCCCCCCCCCCCCCCCOC(CC)C(C(COP(=O)(OCC(OC(=O)CC(C)=O)C(C(CC)OCCCCCCCCCCCCCCCCCC)[N+](C)(C)C)OCC(OC(=O)CC(C)=O)C(C(CC)OCCCCCCCCCCCCCCCCCC)[N+](C)(C)C)OC(=O)CC(C)=O)[N+](C)(C)C. The van der Waals surface area contributed by atoms with Crippen LogP contribution in [0.3, 0.4) is 0 Å². The first-order chi connectivity index (χ1) is 53.9. The van der Waals surface area contributed by atoms with Crippen LogP contribution in [0.4, 0.5) is 0 Å². The lowest BCUT2D eigenvalue weighted by atomic mass is 9.99. The number of phosphoric acid groups is 1. The molecule has 0 aliphatic carbocycles. The molecule has 0 N–H and O–H groups in total. The van der Waals surface area contributed by atoms with Gasteiger partial charge in [-0.15, -0.1) is 0 Å². The standard InChI is InChI=1S/C93H183N3O16P/c1-19-25-28-31-34-37-40-43-46-49-52-55-58-61-64-67-70-104-82(22-4)91(94(10,11)12)85(110-88(100)73-79(7)97)76-107-113(103,108-77-86(111-89(101)74-80(8)98)92(95(13,14)15)83(23-5)105-71-68-65-62-59-56-53-50-47-44-41-38-35-32-29-26-20-2)109-78-87(112-90(102)75-81(9)99)93(96(16,17)18)84(24-6)106-72-69-66-63-60-57-54-51-48-45-42-39-36-33-30-27-21-3/h82-87,91-93H,19-78H2,1-18H3/q+3. The molecule has 20 heteroatoms. The molecular formula is C93H183N3O16P+3. The van der Waals surface area contributed by atoms with Crippen molar-refractivity contribution in [2.45, 2.75) is 464 Å². The van der Waals surface area contributed by atoms with E-state index in [0.717, 1.165) is 57.8 Å². The summed E-state index contributed by atoms with van der Waals surface area (Å²) in [6.07, 6.45) is 54.5. The van der Waals surface area contributed by atoms with Crippen LogP contribution in [0.1, 0.15) is 409 Å². The quantitative estimate of drug-likeness (QED) is 0.0139. The third-order valence-electron chi connectivity index (χ3n) is 22.4. The van der Waals surface area contributed by atoms with Crippen molar-refractivity contribution in [3.8, 4) is 0 Å². The molecule has 0 saturated carbocycles. The number of hydrogen-bond donors (Lipinski definition) is 0. The molecule has 0 fully saturated rings. The Morgan fingerprint density at radius 1 is 0.248 bits per heavy atom. The summed E-state index contributed by atoms with van der Waals surface area (Å²) in [5.74, 6) is -3.65. The lowest BCUT2D eigenvalue weighted by molar-refractivity contribution is -0.903. The van der Waals surface area contributed by atoms with Gasteiger partial charge in [0.15, 0.2) is 36.4 Å². The molecule has 0 aromatic carbocycles. The molecule has 113 heavy (non-hydrogen) atoms. The number of phosphoric ester groups is 1. The summed E-state index contributed by atoms with van der Waals surface area (Å²) in [5, 5.41) is 0. The van der Waals surface area contributed by atoms with E-state index < -0.39 is 137 Å². The van der Waals surface area contributed by atoms with Crippen molar-refractivity contribution < 1.29 is 88.8 Å². The number of unbranched alkanes of at least 4 members (excludes halogenated alkanes) is 45. The Labute approximate surface area is 695 Å². The van der Waals surface area contributed by atoms with Gasteiger partial charge in [0, 0.05) is 19.8 Å². The van der Waals surface area contributed by atoms with Crippen molar-refractivity contribution >= 4 is 43.1 Å². The number of Topliss-reactive ketones (excluding diaryl/α,β-unsaturated/α-hetero) is 3. The topological polar surface area (TPSA) is 203 Å². The van der Waals surface area contributed by atoms with Gasteiger partial charge in [-0.2, -0.15) is 0 Å². The third kappa shape index (κ3) is 60.4. The Morgan fingerprint density at radius 3 is 0.549 bits per heavy atom. The number of ether oxygens (including phenoxy) is 6. The van der Waals surface area contributed by atoms with Crippen LogP contribution in [0, 0.1) is 0 Å². The maximum Gasteiger partial charge on any atom is 0.475 e. The monoisotopic (exact) mass is 1630 g/mol. The zero-order valence-electron chi connectivity index (χ0n) is 76.9. The van der Waals surface area contributed by atoms with E-state index in [9.17, 15) is 28.8 Å². The normalized spacial score (nSPS) is 15.2. The fraction of sp³-hybridized carbons (Fsp3) is 0.935. The molecule has 0 radical (unpaired) electrons. The lowest BCUT2D eigenvalue weighted by Gasteiger charge is -2.43. The molecule has 0 heterocycles. The van der Waals surface area contributed by atoms with Crippen LogP contribution in [-0.2, 0) is 75.3 Å². The molecule has 0 aromatic rings. The maximum atomic E-state index is 16.4. The first-order valence-corrected chi connectivity index (χ1v) is 48.3. The summed E-state index contributed by atoms with van der Waals surface area (Å²) >= 11 is 0. The zero-order valence-corrected chi connectivity index (χ0v) is 77.8. The zero-order chi connectivity index (χ0) is 84.5. The molecule has 0 bridgehead atoms. The average Bonchev–Trinajstić information content (AvgIpc) is 0.819. The van der Waals surface area contributed by atoms with Gasteiger partial charge in [-0.25, -0.2) is 4.57 Å². The molecule has 0 rings (SSSR count). The largest absolute Gasteiger partial charge is 0.475 e. The van der Waals surface area contributed by atoms with E-state index in [2.05, 4.69) is 20.8 Å². The van der Waals surface area contributed by atoms with E-state index in [1.807, 2.05) is 84.2 Å². The molecule has 0 aliphatic heterocycles. The molecule has 0 spiro atoms. The second kappa shape index (κ2) is 70.0.